The lowest BCUT2D eigenvalue weighted by atomic mass is 10.0. The Morgan fingerprint density at radius 2 is 1.92 bits per heavy atom. The lowest BCUT2D eigenvalue weighted by Crippen LogP contribution is -2.40. The number of hydrogen-bond acceptors (Lipinski definition) is 7. The van der Waals surface area contributed by atoms with Crippen LogP contribution in [-0.4, -0.2) is 56.1 Å². The predicted molar refractivity (Wildman–Crippen MR) is 142 cm³/mol. The second kappa shape index (κ2) is 10.2. The number of nitriles is 1. The number of piperidine rings is 1. The van der Waals surface area contributed by atoms with Crippen molar-refractivity contribution in [3.8, 4) is 17.3 Å². The van der Waals surface area contributed by atoms with Crippen LogP contribution >= 0.6 is 0 Å². The Kier molecular flexibility index (Phi) is 6.85. The summed E-state index contributed by atoms with van der Waals surface area (Å²) in [6.45, 7) is 7.65. The quantitative estimate of drug-likeness (QED) is 0.460. The fraction of sp³-hybridized carbons (Fsp3) is 0.429. The molecule has 2 aliphatic rings. The monoisotopic (exact) mass is 512 g/mol. The molecule has 1 aromatic carbocycles. The van der Waals surface area contributed by atoms with Crippen molar-refractivity contribution in [1.29, 1.82) is 5.26 Å². The molecule has 0 bridgehead atoms. The van der Waals surface area contributed by atoms with Crippen molar-refractivity contribution < 1.29 is 9.59 Å². The molecule has 3 heterocycles. The number of anilines is 2. The minimum atomic E-state index is -0.329. The van der Waals surface area contributed by atoms with Gasteiger partial charge in [-0.3, -0.25) is 14.3 Å². The molecule has 0 spiro atoms. The molecule has 10 heteroatoms. The van der Waals surface area contributed by atoms with Gasteiger partial charge in [-0.25, -0.2) is 9.97 Å². The standard InChI is InChI=1S/C28H32N8O2/c1-18-15-31-27(34-24(18)21-6-4-5-7-22(21)25(37)30-11-10-29)33-19-16-32-36(17-19)20-8-12-35(13-9-20)26(38)23-14-28(23,2)3/h4-7,15-17,20,23H,8-9,11-14H2,1-3H3,(H,30,37)(H,31,33,34). The smallest absolute Gasteiger partial charge is 0.252 e. The Morgan fingerprint density at radius 1 is 1.18 bits per heavy atom. The van der Waals surface area contributed by atoms with Crippen LogP contribution < -0.4 is 10.6 Å². The van der Waals surface area contributed by atoms with Crippen molar-refractivity contribution in [2.75, 3.05) is 25.0 Å². The lowest BCUT2D eigenvalue weighted by Gasteiger charge is -2.32. The van der Waals surface area contributed by atoms with Crippen LogP contribution in [0.25, 0.3) is 11.3 Å². The molecular weight excluding hydrogens is 480 g/mol. The first-order chi connectivity index (χ1) is 18.3. The fourth-order valence-electron chi connectivity index (χ4n) is 5.07. The molecular formula is C28H32N8O2. The van der Waals surface area contributed by atoms with Crippen LogP contribution in [0.5, 0.6) is 0 Å². The highest BCUT2D eigenvalue weighted by Crippen LogP contribution is 2.52. The lowest BCUT2D eigenvalue weighted by molar-refractivity contribution is -0.134. The van der Waals surface area contributed by atoms with Crippen LogP contribution in [0.15, 0.2) is 42.9 Å². The van der Waals surface area contributed by atoms with Gasteiger partial charge in [0.2, 0.25) is 11.9 Å². The van der Waals surface area contributed by atoms with E-state index in [1.807, 2.05) is 40.9 Å². The minimum Gasteiger partial charge on any atom is -0.342 e. The van der Waals surface area contributed by atoms with E-state index in [1.165, 1.54) is 0 Å². The van der Waals surface area contributed by atoms with Crippen molar-refractivity contribution in [2.24, 2.45) is 11.3 Å². The Balaban J connectivity index is 1.26. The van der Waals surface area contributed by atoms with Gasteiger partial charge in [0.15, 0.2) is 0 Å². The second-order valence-corrected chi connectivity index (χ2v) is 10.7. The van der Waals surface area contributed by atoms with Gasteiger partial charge in [-0.15, -0.1) is 0 Å². The Morgan fingerprint density at radius 3 is 2.63 bits per heavy atom. The summed E-state index contributed by atoms with van der Waals surface area (Å²) in [5.74, 6) is 0.542. The van der Waals surface area contributed by atoms with E-state index in [4.69, 9.17) is 10.2 Å². The van der Waals surface area contributed by atoms with E-state index in [0.717, 1.165) is 43.6 Å². The Labute approximate surface area is 222 Å². The number of hydrogen-bond donors (Lipinski definition) is 2. The summed E-state index contributed by atoms with van der Waals surface area (Å²) < 4.78 is 1.95. The van der Waals surface area contributed by atoms with Gasteiger partial charge in [-0.2, -0.15) is 10.4 Å². The van der Waals surface area contributed by atoms with E-state index >= 15 is 0 Å². The molecule has 1 saturated carbocycles. The zero-order valence-corrected chi connectivity index (χ0v) is 21.9. The maximum absolute atomic E-state index is 12.7. The maximum Gasteiger partial charge on any atom is 0.252 e. The summed E-state index contributed by atoms with van der Waals surface area (Å²) in [4.78, 5) is 36.5. The summed E-state index contributed by atoms with van der Waals surface area (Å²) in [7, 11) is 0. The Bertz CT molecular complexity index is 1400. The van der Waals surface area contributed by atoms with Gasteiger partial charge in [0.25, 0.3) is 5.91 Å². The van der Waals surface area contributed by atoms with Gasteiger partial charge in [-0.1, -0.05) is 32.0 Å². The molecule has 2 N–H and O–H groups in total. The molecule has 1 aliphatic heterocycles. The van der Waals surface area contributed by atoms with Crippen molar-refractivity contribution in [2.45, 2.75) is 46.1 Å². The topological polar surface area (TPSA) is 129 Å². The molecule has 2 aromatic heterocycles. The van der Waals surface area contributed by atoms with Crippen LogP contribution in [0.2, 0.25) is 0 Å². The molecule has 10 nitrogen and oxygen atoms in total. The molecule has 1 unspecified atom stereocenters. The average Bonchev–Trinajstić information content (AvgIpc) is 3.32. The summed E-state index contributed by atoms with van der Waals surface area (Å²) >= 11 is 0. The van der Waals surface area contributed by atoms with Crippen LogP contribution in [0.1, 0.15) is 55.1 Å². The third-order valence-electron chi connectivity index (χ3n) is 7.55. The number of aryl methyl sites for hydroxylation is 1. The number of nitrogens with zero attached hydrogens (tertiary/aromatic N) is 6. The van der Waals surface area contributed by atoms with Gasteiger partial charge in [0, 0.05) is 42.5 Å². The number of carbonyl (C=O) groups is 2. The third kappa shape index (κ3) is 5.23. The molecule has 0 radical (unpaired) electrons. The van der Waals surface area contributed by atoms with E-state index in [0.29, 0.717) is 28.7 Å². The molecule has 1 saturated heterocycles. The van der Waals surface area contributed by atoms with Crippen molar-refractivity contribution in [1.82, 2.24) is 30.0 Å². The zero-order valence-electron chi connectivity index (χ0n) is 21.9. The Hall–Kier alpha value is -4.26. The minimum absolute atomic E-state index is 0.0687. The number of benzene rings is 1. The van der Waals surface area contributed by atoms with Gasteiger partial charge < -0.3 is 15.5 Å². The maximum atomic E-state index is 12.7. The summed E-state index contributed by atoms with van der Waals surface area (Å²) in [6, 6.07) is 9.33. The number of carbonyl (C=O) groups excluding carboxylic acids is 2. The van der Waals surface area contributed by atoms with Gasteiger partial charge in [-0.05, 0) is 43.2 Å². The zero-order chi connectivity index (χ0) is 26.9. The van der Waals surface area contributed by atoms with Gasteiger partial charge in [0.05, 0.1) is 29.7 Å². The molecule has 1 aliphatic carbocycles. The van der Waals surface area contributed by atoms with E-state index in [2.05, 4.69) is 34.6 Å². The number of aromatic nitrogens is 4. The highest BCUT2D eigenvalue weighted by molar-refractivity contribution is 6.00. The van der Waals surface area contributed by atoms with Gasteiger partial charge in [0.1, 0.15) is 6.54 Å². The molecule has 5 rings (SSSR count). The number of rotatable bonds is 7. The van der Waals surface area contributed by atoms with E-state index in [9.17, 15) is 9.59 Å². The van der Waals surface area contributed by atoms with Crippen LogP contribution in [0, 0.1) is 29.6 Å². The SMILES string of the molecule is Cc1cnc(Nc2cnn(C3CCN(C(=O)C4CC4(C)C)CC3)c2)nc1-c1ccccc1C(=O)NCC#N. The molecule has 38 heavy (non-hydrogen) atoms. The summed E-state index contributed by atoms with van der Waals surface area (Å²) in [5, 5.41) is 19.2. The molecule has 1 atom stereocenters. The second-order valence-electron chi connectivity index (χ2n) is 10.7. The predicted octanol–water partition coefficient (Wildman–Crippen LogP) is 3.86. The number of amides is 2. The van der Waals surface area contributed by atoms with Crippen LogP contribution in [-0.2, 0) is 4.79 Å². The van der Waals surface area contributed by atoms with E-state index in [-0.39, 0.29) is 29.8 Å². The molecule has 2 fully saturated rings. The first kappa shape index (κ1) is 25.4. The van der Waals surface area contributed by atoms with E-state index < -0.39 is 0 Å². The van der Waals surface area contributed by atoms with Crippen LogP contribution in [0.3, 0.4) is 0 Å². The van der Waals surface area contributed by atoms with Crippen molar-refractivity contribution >= 4 is 23.5 Å². The third-order valence-corrected chi connectivity index (χ3v) is 7.55. The largest absolute Gasteiger partial charge is 0.342 e. The number of nitrogens with one attached hydrogen (secondary N) is 2. The van der Waals surface area contributed by atoms with E-state index in [1.54, 1.807) is 24.5 Å². The highest BCUT2D eigenvalue weighted by atomic mass is 16.2. The highest BCUT2D eigenvalue weighted by Gasteiger charge is 2.52. The van der Waals surface area contributed by atoms with Crippen LogP contribution in [0.4, 0.5) is 11.6 Å². The molecule has 3 aromatic rings. The summed E-state index contributed by atoms with van der Waals surface area (Å²) in [5.41, 5.74) is 3.48. The number of likely N-dealkylation sites (tertiary alicyclic amines) is 1. The van der Waals surface area contributed by atoms with Gasteiger partial charge >= 0.3 is 0 Å². The first-order valence-corrected chi connectivity index (χ1v) is 12.9. The summed E-state index contributed by atoms with van der Waals surface area (Å²) in [6.07, 6.45) is 8.13. The molecule has 196 valence electrons. The average molecular weight is 513 g/mol. The molecule has 2 amide bonds. The normalized spacial score (nSPS) is 18.5. The fourth-order valence-corrected chi connectivity index (χ4v) is 5.07. The van der Waals surface area contributed by atoms with Crippen molar-refractivity contribution in [3.63, 3.8) is 0 Å². The van der Waals surface area contributed by atoms with Crippen molar-refractivity contribution in [3.05, 3.63) is 54.0 Å². The first-order valence-electron chi connectivity index (χ1n) is 12.9.